The third kappa shape index (κ3) is 6.80. The third-order valence-electron chi connectivity index (χ3n) is 2.71. The molecule has 0 radical (unpaired) electrons. The summed E-state index contributed by atoms with van der Waals surface area (Å²) < 4.78 is 0. The molecule has 0 aromatic heterocycles. The summed E-state index contributed by atoms with van der Waals surface area (Å²) in [5, 5.41) is 8.63. The van der Waals surface area contributed by atoms with Crippen LogP contribution in [0.1, 0.15) is 45.4 Å². The van der Waals surface area contributed by atoms with Crippen LogP contribution in [0.4, 0.5) is 0 Å². The highest BCUT2D eigenvalue weighted by Crippen LogP contribution is 2.03. The van der Waals surface area contributed by atoms with E-state index in [0.717, 1.165) is 45.1 Å². The van der Waals surface area contributed by atoms with Gasteiger partial charge in [0, 0.05) is 20.2 Å². The fourth-order valence-corrected chi connectivity index (χ4v) is 1.58. The number of aliphatic hydroxyl groups excluding tert-OH is 1. The van der Waals surface area contributed by atoms with Gasteiger partial charge >= 0.3 is 0 Å². The van der Waals surface area contributed by atoms with Gasteiger partial charge in [0.15, 0.2) is 0 Å². The van der Waals surface area contributed by atoms with E-state index in [-0.39, 0.29) is 18.6 Å². The average Bonchev–Trinajstić information content (AvgIpc) is 2.30. The lowest BCUT2D eigenvalue weighted by atomic mass is 10.1. The molecule has 4 heteroatoms. The second-order valence-corrected chi connectivity index (χ2v) is 4.29. The zero-order chi connectivity index (χ0) is 12.4. The quantitative estimate of drug-likeness (QED) is 0.583. The molecule has 0 bridgehead atoms. The van der Waals surface area contributed by atoms with Crippen molar-refractivity contribution in [3.05, 3.63) is 0 Å². The third-order valence-corrected chi connectivity index (χ3v) is 2.71. The van der Waals surface area contributed by atoms with E-state index in [0.29, 0.717) is 0 Å². The monoisotopic (exact) mass is 230 g/mol. The maximum absolute atomic E-state index is 11.8. The highest BCUT2D eigenvalue weighted by Gasteiger charge is 2.16. The van der Waals surface area contributed by atoms with Gasteiger partial charge in [-0.05, 0) is 25.7 Å². The second kappa shape index (κ2) is 9.60. The molecule has 0 aromatic carbocycles. The topological polar surface area (TPSA) is 66.6 Å². The molecule has 0 heterocycles. The lowest BCUT2D eigenvalue weighted by molar-refractivity contribution is -0.131. The zero-order valence-corrected chi connectivity index (χ0v) is 10.6. The molecule has 4 nitrogen and oxygen atoms in total. The van der Waals surface area contributed by atoms with E-state index >= 15 is 0 Å². The van der Waals surface area contributed by atoms with E-state index in [1.807, 2.05) is 0 Å². The minimum atomic E-state index is -0.345. The Kier molecular flexibility index (Phi) is 9.24. The van der Waals surface area contributed by atoms with Gasteiger partial charge in [0.25, 0.3) is 0 Å². The number of likely N-dealkylation sites (N-methyl/N-ethyl adjacent to an activating group) is 1. The highest BCUT2D eigenvalue weighted by molar-refractivity contribution is 5.81. The first kappa shape index (κ1) is 15.4. The lowest BCUT2D eigenvalue weighted by Crippen LogP contribution is -2.42. The van der Waals surface area contributed by atoms with Crippen molar-refractivity contribution in [3.8, 4) is 0 Å². The van der Waals surface area contributed by atoms with Crippen LogP contribution in [0.5, 0.6) is 0 Å². The Morgan fingerprint density at radius 1 is 1.31 bits per heavy atom. The van der Waals surface area contributed by atoms with Crippen LogP contribution in [0.2, 0.25) is 0 Å². The maximum Gasteiger partial charge on any atom is 0.239 e. The highest BCUT2D eigenvalue weighted by atomic mass is 16.2. The molecule has 0 saturated carbocycles. The Labute approximate surface area is 98.8 Å². The second-order valence-electron chi connectivity index (χ2n) is 4.29. The number of hydrogen-bond donors (Lipinski definition) is 2. The first-order valence-corrected chi connectivity index (χ1v) is 6.24. The summed E-state index contributed by atoms with van der Waals surface area (Å²) in [5.74, 6) is 0.0393. The standard InChI is InChI=1S/C12H26N2O2/c1-3-4-8-11(13)12(16)14(2)9-6-5-7-10-15/h11,15H,3-10,13H2,1-2H3/t11-/m0/s1. The van der Waals surface area contributed by atoms with Gasteiger partial charge in [-0.25, -0.2) is 0 Å². The SMILES string of the molecule is CCCC[C@H](N)C(=O)N(C)CCCCCO. The van der Waals surface area contributed by atoms with Crippen LogP contribution >= 0.6 is 0 Å². The fraction of sp³-hybridized carbons (Fsp3) is 0.917. The van der Waals surface area contributed by atoms with Crippen LogP contribution in [0, 0.1) is 0 Å². The first-order chi connectivity index (χ1) is 7.63. The largest absolute Gasteiger partial charge is 0.396 e. The molecule has 16 heavy (non-hydrogen) atoms. The number of amides is 1. The van der Waals surface area contributed by atoms with E-state index in [9.17, 15) is 4.79 Å². The summed E-state index contributed by atoms with van der Waals surface area (Å²) in [6, 6.07) is -0.345. The smallest absolute Gasteiger partial charge is 0.239 e. The first-order valence-electron chi connectivity index (χ1n) is 6.24. The number of carbonyl (C=O) groups excluding carboxylic acids is 1. The molecule has 96 valence electrons. The van der Waals surface area contributed by atoms with Crippen LogP contribution in [-0.4, -0.2) is 42.2 Å². The molecule has 0 aromatic rings. The van der Waals surface area contributed by atoms with Gasteiger partial charge in [-0.2, -0.15) is 0 Å². The van der Waals surface area contributed by atoms with Gasteiger partial charge in [0.05, 0.1) is 6.04 Å². The molecular weight excluding hydrogens is 204 g/mol. The van der Waals surface area contributed by atoms with Crippen molar-refractivity contribution in [2.45, 2.75) is 51.5 Å². The minimum absolute atomic E-state index is 0.0393. The number of aliphatic hydroxyl groups is 1. The zero-order valence-electron chi connectivity index (χ0n) is 10.6. The summed E-state index contributed by atoms with van der Waals surface area (Å²) in [7, 11) is 1.80. The molecular formula is C12H26N2O2. The van der Waals surface area contributed by atoms with Crippen molar-refractivity contribution in [1.82, 2.24) is 4.90 Å². The molecule has 0 rings (SSSR count). The molecule has 1 atom stereocenters. The summed E-state index contributed by atoms with van der Waals surface area (Å²) in [5.41, 5.74) is 5.80. The Bertz CT molecular complexity index is 186. The molecule has 0 unspecified atom stereocenters. The van der Waals surface area contributed by atoms with Crippen molar-refractivity contribution in [2.75, 3.05) is 20.2 Å². The predicted octanol–water partition coefficient (Wildman–Crippen LogP) is 1.12. The van der Waals surface area contributed by atoms with Crippen molar-refractivity contribution in [3.63, 3.8) is 0 Å². The number of carbonyl (C=O) groups is 1. The van der Waals surface area contributed by atoms with Gasteiger partial charge in [-0.15, -0.1) is 0 Å². The normalized spacial score (nSPS) is 12.5. The van der Waals surface area contributed by atoms with Gasteiger partial charge in [-0.3, -0.25) is 4.79 Å². The fourth-order valence-electron chi connectivity index (χ4n) is 1.58. The van der Waals surface area contributed by atoms with Crippen molar-refractivity contribution >= 4 is 5.91 Å². The molecule has 1 amide bonds. The van der Waals surface area contributed by atoms with E-state index in [1.165, 1.54) is 0 Å². The van der Waals surface area contributed by atoms with Gasteiger partial charge in [0.2, 0.25) is 5.91 Å². The molecule has 0 spiro atoms. The van der Waals surface area contributed by atoms with E-state index < -0.39 is 0 Å². The summed E-state index contributed by atoms with van der Waals surface area (Å²) in [4.78, 5) is 13.5. The number of nitrogens with zero attached hydrogens (tertiary/aromatic N) is 1. The molecule has 0 saturated heterocycles. The van der Waals surface area contributed by atoms with Gasteiger partial charge in [0.1, 0.15) is 0 Å². The number of unbranched alkanes of at least 4 members (excludes halogenated alkanes) is 3. The Balaban J connectivity index is 3.70. The number of rotatable bonds is 9. The van der Waals surface area contributed by atoms with Crippen LogP contribution in [0.25, 0.3) is 0 Å². The predicted molar refractivity (Wildman–Crippen MR) is 66.1 cm³/mol. The van der Waals surface area contributed by atoms with E-state index in [2.05, 4.69) is 6.92 Å². The van der Waals surface area contributed by atoms with Crippen molar-refractivity contribution in [2.24, 2.45) is 5.73 Å². The molecule has 3 N–H and O–H groups in total. The number of hydrogen-bond acceptors (Lipinski definition) is 3. The summed E-state index contributed by atoms with van der Waals surface area (Å²) in [6.07, 6.45) is 5.55. The Morgan fingerprint density at radius 3 is 2.56 bits per heavy atom. The Hall–Kier alpha value is -0.610. The summed E-state index contributed by atoms with van der Waals surface area (Å²) in [6.45, 7) is 3.06. The Morgan fingerprint density at radius 2 is 2.00 bits per heavy atom. The number of nitrogens with two attached hydrogens (primary N) is 1. The van der Waals surface area contributed by atoms with E-state index in [4.69, 9.17) is 10.8 Å². The molecule has 0 aliphatic rings. The van der Waals surface area contributed by atoms with Gasteiger partial charge < -0.3 is 15.7 Å². The van der Waals surface area contributed by atoms with Crippen LogP contribution in [0.15, 0.2) is 0 Å². The van der Waals surface area contributed by atoms with Crippen LogP contribution in [0.3, 0.4) is 0 Å². The van der Waals surface area contributed by atoms with Crippen LogP contribution < -0.4 is 5.73 Å². The van der Waals surface area contributed by atoms with Crippen molar-refractivity contribution < 1.29 is 9.90 Å². The molecule has 0 aliphatic carbocycles. The molecule has 0 aliphatic heterocycles. The summed E-state index contributed by atoms with van der Waals surface area (Å²) >= 11 is 0. The van der Waals surface area contributed by atoms with Gasteiger partial charge in [-0.1, -0.05) is 19.8 Å². The van der Waals surface area contributed by atoms with E-state index in [1.54, 1.807) is 11.9 Å². The van der Waals surface area contributed by atoms with Crippen LogP contribution in [-0.2, 0) is 4.79 Å². The lowest BCUT2D eigenvalue weighted by Gasteiger charge is -2.21. The maximum atomic E-state index is 11.8. The van der Waals surface area contributed by atoms with Crippen molar-refractivity contribution in [1.29, 1.82) is 0 Å². The minimum Gasteiger partial charge on any atom is -0.396 e. The average molecular weight is 230 g/mol. The molecule has 0 fully saturated rings.